The van der Waals surface area contributed by atoms with E-state index in [1.54, 1.807) is 0 Å². The Bertz CT molecular complexity index is 997. The first-order valence-corrected chi connectivity index (χ1v) is 11.7. The molecule has 2 N–H and O–H groups in total. The van der Waals surface area contributed by atoms with Gasteiger partial charge in [0.1, 0.15) is 18.2 Å². The number of hydrogen-bond donors (Lipinski definition) is 2. The van der Waals surface area contributed by atoms with E-state index >= 15 is 0 Å². The molecule has 3 aromatic rings. The van der Waals surface area contributed by atoms with Crippen LogP contribution >= 0.6 is 0 Å². The number of para-hydroxylation sites is 1. The summed E-state index contributed by atoms with van der Waals surface area (Å²) in [6.07, 6.45) is 4.74. The van der Waals surface area contributed by atoms with Gasteiger partial charge in [0.25, 0.3) is 0 Å². The van der Waals surface area contributed by atoms with Crippen LogP contribution in [0.2, 0.25) is 0 Å². The molecule has 0 saturated heterocycles. The zero-order valence-corrected chi connectivity index (χ0v) is 19.5. The molecule has 0 aliphatic heterocycles. The van der Waals surface area contributed by atoms with Crippen molar-refractivity contribution in [2.24, 2.45) is 5.92 Å². The SMILES string of the molecule is Cc1ccc(OCCNC[C@H]2CC[C@@H](Nc3nc(N(C)C)c4ccccc4n3)CC2)cc1. The van der Waals surface area contributed by atoms with Gasteiger partial charge in [-0.2, -0.15) is 4.98 Å². The summed E-state index contributed by atoms with van der Waals surface area (Å²) in [5.41, 5.74) is 2.24. The van der Waals surface area contributed by atoms with Gasteiger partial charge in [-0.15, -0.1) is 0 Å². The smallest absolute Gasteiger partial charge is 0.225 e. The van der Waals surface area contributed by atoms with Crippen LogP contribution in [0.25, 0.3) is 10.9 Å². The average molecular weight is 434 g/mol. The fourth-order valence-electron chi connectivity index (χ4n) is 4.34. The number of hydrogen-bond acceptors (Lipinski definition) is 6. The van der Waals surface area contributed by atoms with Crippen molar-refractivity contribution in [3.05, 3.63) is 54.1 Å². The van der Waals surface area contributed by atoms with Gasteiger partial charge >= 0.3 is 0 Å². The fourth-order valence-corrected chi connectivity index (χ4v) is 4.34. The maximum atomic E-state index is 5.80. The molecular weight excluding hydrogens is 398 g/mol. The summed E-state index contributed by atoms with van der Waals surface area (Å²) in [5.74, 6) is 3.37. The number of anilines is 2. The lowest BCUT2D eigenvalue weighted by Crippen LogP contribution is -2.33. The van der Waals surface area contributed by atoms with E-state index in [9.17, 15) is 0 Å². The van der Waals surface area contributed by atoms with Crippen LogP contribution in [0.15, 0.2) is 48.5 Å². The van der Waals surface area contributed by atoms with Crippen molar-refractivity contribution in [1.29, 1.82) is 0 Å². The van der Waals surface area contributed by atoms with E-state index in [2.05, 4.69) is 46.7 Å². The summed E-state index contributed by atoms with van der Waals surface area (Å²) in [6, 6.07) is 16.9. The fraction of sp³-hybridized carbons (Fsp3) is 0.462. The molecule has 0 radical (unpaired) electrons. The molecule has 170 valence electrons. The van der Waals surface area contributed by atoms with Crippen molar-refractivity contribution in [2.75, 3.05) is 44.0 Å². The topological polar surface area (TPSA) is 62.3 Å². The summed E-state index contributed by atoms with van der Waals surface area (Å²) < 4.78 is 5.80. The molecule has 0 unspecified atom stereocenters. The number of nitrogens with one attached hydrogen (secondary N) is 2. The maximum absolute atomic E-state index is 5.80. The molecule has 0 spiro atoms. The minimum absolute atomic E-state index is 0.437. The van der Waals surface area contributed by atoms with Crippen LogP contribution in [-0.2, 0) is 0 Å². The van der Waals surface area contributed by atoms with Gasteiger partial charge in [-0.3, -0.25) is 0 Å². The molecular formula is C26H35N5O. The summed E-state index contributed by atoms with van der Waals surface area (Å²) in [4.78, 5) is 11.6. The van der Waals surface area contributed by atoms with Gasteiger partial charge in [-0.25, -0.2) is 4.98 Å². The quantitative estimate of drug-likeness (QED) is 0.479. The van der Waals surface area contributed by atoms with Gasteiger partial charge in [0, 0.05) is 32.1 Å². The predicted octanol–water partition coefficient (Wildman–Crippen LogP) is 4.64. The molecule has 1 aliphatic rings. The van der Waals surface area contributed by atoms with Crippen molar-refractivity contribution < 1.29 is 4.74 Å². The van der Waals surface area contributed by atoms with Gasteiger partial charge in [-0.1, -0.05) is 29.8 Å². The molecule has 1 aromatic heterocycles. The third-order valence-electron chi connectivity index (χ3n) is 6.19. The number of fused-ring (bicyclic) bond motifs is 1. The van der Waals surface area contributed by atoms with Crippen LogP contribution in [0, 0.1) is 12.8 Å². The molecule has 1 aliphatic carbocycles. The highest BCUT2D eigenvalue weighted by Gasteiger charge is 2.22. The first-order chi connectivity index (χ1) is 15.6. The maximum Gasteiger partial charge on any atom is 0.225 e. The lowest BCUT2D eigenvalue weighted by atomic mass is 9.86. The standard InChI is InChI=1S/C26H35N5O/c1-19-8-14-22(15-9-19)32-17-16-27-18-20-10-12-21(13-11-20)28-26-29-24-7-5-4-6-23(24)25(30-26)31(2)3/h4-9,14-15,20-21,27H,10-13,16-18H2,1-3H3,(H,28,29,30)/t20-,21+. The second-order valence-corrected chi connectivity index (χ2v) is 9.01. The number of nitrogens with zero attached hydrogens (tertiary/aromatic N) is 3. The number of aromatic nitrogens is 2. The molecule has 0 atom stereocenters. The van der Waals surface area contributed by atoms with Crippen LogP contribution in [-0.4, -0.2) is 49.8 Å². The van der Waals surface area contributed by atoms with E-state index in [-0.39, 0.29) is 0 Å². The number of benzene rings is 2. The predicted molar refractivity (Wildman–Crippen MR) is 133 cm³/mol. The van der Waals surface area contributed by atoms with Crippen LogP contribution in [0.1, 0.15) is 31.2 Å². The Morgan fingerprint density at radius 3 is 2.47 bits per heavy atom. The van der Waals surface area contributed by atoms with E-state index in [4.69, 9.17) is 14.7 Å². The van der Waals surface area contributed by atoms with E-state index in [0.29, 0.717) is 12.6 Å². The molecule has 32 heavy (non-hydrogen) atoms. The van der Waals surface area contributed by atoms with Crippen LogP contribution in [0.4, 0.5) is 11.8 Å². The van der Waals surface area contributed by atoms with Gasteiger partial charge in [0.2, 0.25) is 5.95 Å². The van der Waals surface area contributed by atoms with Gasteiger partial charge < -0.3 is 20.3 Å². The molecule has 4 rings (SSSR count). The van der Waals surface area contributed by atoms with E-state index in [1.807, 2.05) is 38.4 Å². The molecule has 6 nitrogen and oxygen atoms in total. The van der Waals surface area contributed by atoms with Crippen molar-refractivity contribution in [3.63, 3.8) is 0 Å². The number of aryl methyl sites for hydroxylation is 1. The van der Waals surface area contributed by atoms with E-state index in [0.717, 1.165) is 60.3 Å². The van der Waals surface area contributed by atoms with Crippen LogP contribution in [0.3, 0.4) is 0 Å². The number of ether oxygens (including phenoxy) is 1. The third kappa shape index (κ3) is 5.88. The van der Waals surface area contributed by atoms with Gasteiger partial charge in [-0.05, 0) is 69.3 Å². The summed E-state index contributed by atoms with van der Waals surface area (Å²) in [6.45, 7) is 4.73. The Kier molecular flexibility index (Phi) is 7.43. The zero-order chi connectivity index (χ0) is 22.3. The lowest BCUT2D eigenvalue weighted by Gasteiger charge is -2.29. The first-order valence-electron chi connectivity index (χ1n) is 11.7. The van der Waals surface area contributed by atoms with E-state index < -0.39 is 0 Å². The highest BCUT2D eigenvalue weighted by Crippen LogP contribution is 2.28. The Hall–Kier alpha value is -2.86. The average Bonchev–Trinajstić information content (AvgIpc) is 2.80. The second-order valence-electron chi connectivity index (χ2n) is 9.01. The van der Waals surface area contributed by atoms with Crippen molar-refractivity contribution >= 4 is 22.7 Å². The monoisotopic (exact) mass is 433 g/mol. The Morgan fingerprint density at radius 2 is 1.72 bits per heavy atom. The highest BCUT2D eigenvalue weighted by molar-refractivity contribution is 5.90. The summed E-state index contributed by atoms with van der Waals surface area (Å²) in [7, 11) is 4.06. The Morgan fingerprint density at radius 1 is 0.969 bits per heavy atom. The van der Waals surface area contributed by atoms with Gasteiger partial charge in [0.15, 0.2) is 0 Å². The van der Waals surface area contributed by atoms with E-state index in [1.165, 1.54) is 18.4 Å². The molecule has 6 heteroatoms. The normalized spacial score (nSPS) is 18.5. The van der Waals surface area contributed by atoms with Crippen molar-refractivity contribution in [2.45, 2.75) is 38.6 Å². The summed E-state index contributed by atoms with van der Waals surface area (Å²) in [5, 5.41) is 8.25. The minimum atomic E-state index is 0.437. The molecule has 1 fully saturated rings. The summed E-state index contributed by atoms with van der Waals surface area (Å²) >= 11 is 0. The molecule has 2 aromatic carbocycles. The minimum Gasteiger partial charge on any atom is -0.492 e. The third-order valence-corrected chi connectivity index (χ3v) is 6.19. The molecule has 0 bridgehead atoms. The number of rotatable bonds is 9. The largest absolute Gasteiger partial charge is 0.492 e. The first kappa shape index (κ1) is 22.3. The second kappa shape index (κ2) is 10.6. The van der Waals surface area contributed by atoms with Crippen molar-refractivity contribution in [1.82, 2.24) is 15.3 Å². The molecule has 1 saturated carbocycles. The van der Waals surface area contributed by atoms with Crippen LogP contribution < -0.4 is 20.3 Å². The van der Waals surface area contributed by atoms with Crippen LogP contribution in [0.5, 0.6) is 5.75 Å². The van der Waals surface area contributed by atoms with Crippen molar-refractivity contribution in [3.8, 4) is 5.75 Å². The zero-order valence-electron chi connectivity index (χ0n) is 19.5. The Balaban J connectivity index is 1.20. The Labute approximate surface area is 191 Å². The molecule has 0 amide bonds. The lowest BCUT2D eigenvalue weighted by molar-refractivity contribution is 0.289. The highest BCUT2D eigenvalue weighted by atomic mass is 16.5. The molecule has 1 heterocycles. The van der Waals surface area contributed by atoms with Gasteiger partial charge in [0.05, 0.1) is 5.52 Å².